The Morgan fingerprint density at radius 1 is 0.344 bits per heavy atom. The van der Waals surface area contributed by atoms with E-state index in [4.69, 9.17) is 4.42 Å². The van der Waals surface area contributed by atoms with Crippen LogP contribution in [0.25, 0.3) is 66.1 Å². The molecule has 12 rings (SSSR count). The first-order valence-electron chi connectivity index (χ1n) is 21.0. The summed E-state index contributed by atoms with van der Waals surface area (Å²) in [7, 11) is 0. The Morgan fingerprint density at radius 2 is 0.902 bits per heavy atom. The van der Waals surface area contributed by atoms with Crippen molar-refractivity contribution in [1.29, 1.82) is 0 Å². The van der Waals surface area contributed by atoms with Crippen LogP contribution in [-0.4, -0.2) is 0 Å². The molecular formula is C59H39NO. The number of anilines is 3. The van der Waals surface area contributed by atoms with E-state index >= 15 is 0 Å². The van der Waals surface area contributed by atoms with Crippen LogP contribution in [0.3, 0.4) is 0 Å². The lowest BCUT2D eigenvalue weighted by atomic mass is 9.67. The van der Waals surface area contributed by atoms with Crippen molar-refractivity contribution in [1.82, 2.24) is 0 Å². The first kappa shape index (κ1) is 35.0. The number of hydrogen-bond acceptors (Lipinski definition) is 2. The highest BCUT2D eigenvalue weighted by Crippen LogP contribution is 2.57. The molecule has 0 bridgehead atoms. The monoisotopic (exact) mass is 777 g/mol. The maximum atomic E-state index is 7.28. The predicted molar refractivity (Wildman–Crippen MR) is 254 cm³/mol. The summed E-state index contributed by atoms with van der Waals surface area (Å²) in [5, 5.41) is 4.58. The highest BCUT2D eigenvalue weighted by Gasteiger charge is 2.46. The minimum atomic E-state index is -0.540. The van der Waals surface area contributed by atoms with Gasteiger partial charge in [0, 0.05) is 27.7 Å². The second-order valence-corrected chi connectivity index (χ2v) is 16.0. The van der Waals surface area contributed by atoms with Crippen molar-refractivity contribution in [3.63, 3.8) is 0 Å². The Labute approximate surface area is 355 Å². The molecule has 2 nitrogen and oxygen atoms in total. The van der Waals surface area contributed by atoms with Crippen LogP contribution in [0.15, 0.2) is 241 Å². The molecule has 0 radical (unpaired) electrons. The van der Waals surface area contributed by atoms with Gasteiger partial charge in [-0.3, -0.25) is 0 Å². The zero-order valence-electron chi connectivity index (χ0n) is 33.4. The van der Waals surface area contributed by atoms with Crippen LogP contribution in [0.5, 0.6) is 0 Å². The molecule has 1 heterocycles. The van der Waals surface area contributed by atoms with Crippen LogP contribution in [0, 0.1) is 0 Å². The van der Waals surface area contributed by atoms with E-state index in [2.05, 4.69) is 241 Å². The van der Waals surface area contributed by atoms with Crippen LogP contribution in [0.2, 0.25) is 0 Å². The van der Waals surface area contributed by atoms with E-state index in [-0.39, 0.29) is 0 Å². The second-order valence-electron chi connectivity index (χ2n) is 16.0. The molecule has 0 unspecified atom stereocenters. The van der Waals surface area contributed by atoms with E-state index < -0.39 is 5.41 Å². The highest BCUT2D eigenvalue weighted by atomic mass is 16.3. The Hall–Kier alpha value is -7.94. The van der Waals surface area contributed by atoms with E-state index in [1.165, 1.54) is 55.3 Å². The van der Waals surface area contributed by atoms with Gasteiger partial charge in [0.2, 0.25) is 0 Å². The number of furan rings is 1. The number of nitrogens with zero attached hydrogens (tertiary/aromatic N) is 1. The molecule has 11 aromatic rings. The van der Waals surface area contributed by atoms with Gasteiger partial charge in [-0.25, -0.2) is 0 Å². The molecule has 0 saturated heterocycles. The summed E-state index contributed by atoms with van der Waals surface area (Å²) in [5.41, 5.74) is 16.4. The number of fused-ring (bicyclic) bond motifs is 8. The molecule has 0 amide bonds. The van der Waals surface area contributed by atoms with Crippen LogP contribution < -0.4 is 4.90 Å². The molecule has 0 N–H and O–H groups in total. The minimum Gasteiger partial charge on any atom is -0.453 e. The molecule has 1 aliphatic rings. The van der Waals surface area contributed by atoms with Gasteiger partial charge in [0.05, 0.1) is 11.1 Å². The molecular weight excluding hydrogens is 739 g/mol. The van der Waals surface area contributed by atoms with Gasteiger partial charge in [-0.1, -0.05) is 200 Å². The maximum absolute atomic E-state index is 7.28. The van der Waals surface area contributed by atoms with Crippen molar-refractivity contribution < 1.29 is 4.42 Å². The van der Waals surface area contributed by atoms with Crippen molar-refractivity contribution >= 4 is 49.8 Å². The normalized spacial score (nSPS) is 12.7. The highest BCUT2D eigenvalue weighted by molar-refractivity contribution is 6.24. The summed E-state index contributed by atoms with van der Waals surface area (Å²) in [5.74, 6) is 0. The van der Waals surface area contributed by atoms with Crippen molar-refractivity contribution in [2.75, 3.05) is 4.90 Å². The molecule has 1 aromatic heterocycles. The average molecular weight is 778 g/mol. The van der Waals surface area contributed by atoms with Gasteiger partial charge in [-0.05, 0) is 97.2 Å². The third-order valence-electron chi connectivity index (χ3n) is 12.7. The molecule has 0 saturated carbocycles. The Morgan fingerprint density at radius 3 is 1.62 bits per heavy atom. The third kappa shape index (κ3) is 5.43. The summed E-state index contributed by atoms with van der Waals surface area (Å²) in [6.07, 6.45) is 0. The van der Waals surface area contributed by atoms with Gasteiger partial charge < -0.3 is 9.32 Å². The molecule has 0 atom stereocenters. The molecule has 0 spiro atoms. The van der Waals surface area contributed by atoms with Crippen LogP contribution in [0.1, 0.15) is 22.3 Å². The largest absolute Gasteiger partial charge is 0.453 e. The van der Waals surface area contributed by atoms with Gasteiger partial charge in [-0.2, -0.15) is 0 Å². The summed E-state index contributed by atoms with van der Waals surface area (Å²) < 4.78 is 7.28. The van der Waals surface area contributed by atoms with Crippen molar-refractivity contribution in [2.24, 2.45) is 0 Å². The molecule has 10 aromatic carbocycles. The first-order valence-corrected chi connectivity index (χ1v) is 21.0. The fourth-order valence-corrected chi connectivity index (χ4v) is 10.1. The zero-order valence-corrected chi connectivity index (χ0v) is 33.4. The van der Waals surface area contributed by atoms with E-state index in [0.29, 0.717) is 0 Å². The number of rotatable bonds is 7. The van der Waals surface area contributed by atoms with E-state index in [9.17, 15) is 0 Å². The molecule has 1 aliphatic carbocycles. The predicted octanol–water partition coefficient (Wildman–Crippen LogP) is 15.9. The number of para-hydroxylation sites is 1. The van der Waals surface area contributed by atoms with Gasteiger partial charge in [0.1, 0.15) is 5.58 Å². The lowest BCUT2D eigenvalue weighted by Gasteiger charge is -2.35. The fourth-order valence-electron chi connectivity index (χ4n) is 10.1. The first-order chi connectivity index (χ1) is 30.3. The van der Waals surface area contributed by atoms with Crippen LogP contribution in [0.4, 0.5) is 17.1 Å². The summed E-state index contributed by atoms with van der Waals surface area (Å²) in [6.45, 7) is 0. The smallest absolute Gasteiger partial charge is 0.159 e. The van der Waals surface area contributed by atoms with Crippen molar-refractivity contribution in [3.8, 4) is 33.4 Å². The molecule has 0 fully saturated rings. The molecule has 2 heteroatoms. The summed E-state index contributed by atoms with van der Waals surface area (Å²) >= 11 is 0. The van der Waals surface area contributed by atoms with E-state index in [1.807, 2.05) is 0 Å². The molecule has 286 valence electrons. The topological polar surface area (TPSA) is 16.4 Å². The molecule has 61 heavy (non-hydrogen) atoms. The lowest BCUT2D eigenvalue weighted by molar-refractivity contribution is 0.670. The Balaban J connectivity index is 1.15. The fraction of sp³-hybridized carbons (Fsp3) is 0.0169. The SMILES string of the molecule is c1ccc(-c2ccc(N(c3ccc4c(c3)C(c3ccccc3)(c3ccccc3)c3ccccc3-4)c3cccc4c3oc3c(-c5ccccc5)cc5ccccc5c34)cc2)cc1. The maximum Gasteiger partial charge on any atom is 0.159 e. The third-order valence-corrected chi connectivity index (χ3v) is 12.7. The van der Waals surface area contributed by atoms with Gasteiger partial charge in [0.25, 0.3) is 0 Å². The van der Waals surface area contributed by atoms with Crippen LogP contribution >= 0.6 is 0 Å². The zero-order chi connectivity index (χ0) is 40.3. The number of hydrogen-bond donors (Lipinski definition) is 0. The van der Waals surface area contributed by atoms with Gasteiger partial charge >= 0.3 is 0 Å². The van der Waals surface area contributed by atoms with Gasteiger partial charge in [-0.15, -0.1) is 0 Å². The van der Waals surface area contributed by atoms with Gasteiger partial charge in [0.15, 0.2) is 5.58 Å². The Kier molecular flexibility index (Phi) is 8.11. The van der Waals surface area contributed by atoms with Crippen molar-refractivity contribution in [3.05, 3.63) is 259 Å². The number of benzene rings is 10. The van der Waals surface area contributed by atoms with Crippen molar-refractivity contribution in [2.45, 2.75) is 5.41 Å². The van der Waals surface area contributed by atoms with Crippen LogP contribution in [-0.2, 0) is 5.41 Å². The lowest BCUT2D eigenvalue weighted by Crippen LogP contribution is -2.28. The average Bonchev–Trinajstić information content (AvgIpc) is 3.88. The Bertz CT molecular complexity index is 3350. The second kappa shape index (κ2) is 14.1. The minimum absolute atomic E-state index is 0.540. The van der Waals surface area contributed by atoms with E-state index in [0.717, 1.165) is 50.1 Å². The summed E-state index contributed by atoms with van der Waals surface area (Å²) in [6, 6.07) is 85.8. The molecule has 0 aliphatic heterocycles. The standard InChI is InChI=1S/C59H39NO/c1-5-18-40(19-6-1)41-32-34-46(35-33-41)60(55-31-17-29-51-56-48-27-14-13-22-43(48)38-52(58(56)61-57(51)55)42-20-7-2-8-21-42)47-36-37-50-49-28-15-16-30-53(49)59(54(50)39-47,44-23-9-3-10-24-44)45-25-11-4-12-26-45/h1-39H. The van der Waals surface area contributed by atoms with E-state index in [1.54, 1.807) is 0 Å². The quantitative estimate of drug-likeness (QED) is 0.160. The summed E-state index contributed by atoms with van der Waals surface area (Å²) in [4.78, 5) is 2.40.